The number of ether oxygens (including phenoxy) is 2. The number of carbonyl (C=O) groups excluding carboxylic acids is 1. The van der Waals surface area contributed by atoms with Crippen molar-refractivity contribution >= 4 is 5.97 Å². The first-order valence-electron chi connectivity index (χ1n) is 4.63. The van der Waals surface area contributed by atoms with Gasteiger partial charge in [-0.05, 0) is 13.8 Å². The van der Waals surface area contributed by atoms with Crippen molar-refractivity contribution in [2.75, 3.05) is 26.8 Å². The minimum absolute atomic E-state index is 0.102. The van der Waals surface area contributed by atoms with Gasteiger partial charge in [-0.15, -0.1) is 0 Å². The van der Waals surface area contributed by atoms with Gasteiger partial charge in [0.2, 0.25) is 0 Å². The van der Waals surface area contributed by atoms with Crippen molar-refractivity contribution in [1.29, 1.82) is 0 Å². The molecule has 0 bridgehead atoms. The van der Waals surface area contributed by atoms with E-state index in [1.54, 1.807) is 0 Å². The van der Waals surface area contributed by atoms with Crippen LogP contribution in [0.1, 0.15) is 13.8 Å². The molecule has 0 radical (unpaired) electrons. The molecule has 0 aromatic carbocycles. The maximum absolute atomic E-state index is 10.7. The van der Waals surface area contributed by atoms with Crippen LogP contribution in [-0.4, -0.2) is 50.1 Å². The van der Waals surface area contributed by atoms with Crippen LogP contribution in [0.15, 0.2) is 0 Å². The standard InChI is InChI=1S/C9H19NO4/c1-7(2)14-6-8(11)4-10-5-9(12)13-3/h7-8,10-11H,4-6H2,1-3H3. The van der Waals surface area contributed by atoms with Crippen LogP contribution >= 0.6 is 0 Å². The van der Waals surface area contributed by atoms with Gasteiger partial charge in [0.25, 0.3) is 0 Å². The van der Waals surface area contributed by atoms with Crippen LogP contribution in [0.3, 0.4) is 0 Å². The molecule has 0 aliphatic rings. The second kappa shape index (κ2) is 7.73. The largest absolute Gasteiger partial charge is 0.468 e. The minimum atomic E-state index is -0.595. The first-order chi connectivity index (χ1) is 6.56. The summed E-state index contributed by atoms with van der Waals surface area (Å²) in [5, 5.41) is 12.1. The number of hydrogen-bond acceptors (Lipinski definition) is 5. The highest BCUT2D eigenvalue weighted by Crippen LogP contribution is 1.90. The smallest absolute Gasteiger partial charge is 0.319 e. The molecule has 0 aromatic heterocycles. The van der Waals surface area contributed by atoms with Crippen molar-refractivity contribution in [3.8, 4) is 0 Å². The predicted molar refractivity (Wildman–Crippen MR) is 52.0 cm³/mol. The number of esters is 1. The summed E-state index contributed by atoms with van der Waals surface area (Å²) in [6.07, 6.45) is -0.493. The molecule has 0 amide bonds. The molecule has 0 saturated carbocycles. The van der Waals surface area contributed by atoms with Crippen LogP contribution in [0.2, 0.25) is 0 Å². The van der Waals surface area contributed by atoms with E-state index in [1.807, 2.05) is 13.8 Å². The highest BCUT2D eigenvalue weighted by atomic mass is 16.5. The normalized spacial score (nSPS) is 12.9. The molecule has 2 N–H and O–H groups in total. The van der Waals surface area contributed by atoms with Crippen LogP contribution < -0.4 is 5.32 Å². The first-order valence-corrected chi connectivity index (χ1v) is 4.63. The van der Waals surface area contributed by atoms with Gasteiger partial charge in [-0.3, -0.25) is 4.79 Å². The third kappa shape index (κ3) is 7.97. The fourth-order valence-corrected chi connectivity index (χ4v) is 0.775. The van der Waals surface area contributed by atoms with Gasteiger partial charge < -0.3 is 19.9 Å². The fraction of sp³-hybridized carbons (Fsp3) is 0.889. The summed E-state index contributed by atoms with van der Waals surface area (Å²) < 4.78 is 9.60. The molecule has 14 heavy (non-hydrogen) atoms. The lowest BCUT2D eigenvalue weighted by Crippen LogP contribution is -2.34. The van der Waals surface area contributed by atoms with E-state index < -0.39 is 6.10 Å². The molecule has 0 aromatic rings. The monoisotopic (exact) mass is 205 g/mol. The van der Waals surface area contributed by atoms with Crippen molar-refractivity contribution in [1.82, 2.24) is 5.32 Å². The minimum Gasteiger partial charge on any atom is -0.468 e. The highest BCUT2D eigenvalue weighted by molar-refractivity contribution is 5.71. The van der Waals surface area contributed by atoms with Crippen LogP contribution in [0, 0.1) is 0 Å². The average Bonchev–Trinajstić information content (AvgIpc) is 2.14. The molecular formula is C9H19NO4. The quantitative estimate of drug-likeness (QED) is 0.550. The molecule has 0 saturated heterocycles. The Morgan fingerprint density at radius 3 is 2.64 bits per heavy atom. The van der Waals surface area contributed by atoms with Crippen LogP contribution in [0.4, 0.5) is 0 Å². The lowest BCUT2D eigenvalue weighted by molar-refractivity contribution is -0.139. The van der Waals surface area contributed by atoms with Crippen LogP contribution in [-0.2, 0) is 14.3 Å². The van der Waals surface area contributed by atoms with Gasteiger partial charge in [-0.1, -0.05) is 0 Å². The maximum Gasteiger partial charge on any atom is 0.319 e. The fourth-order valence-electron chi connectivity index (χ4n) is 0.775. The molecule has 0 rings (SSSR count). The molecule has 0 aliphatic heterocycles. The molecule has 5 heteroatoms. The van der Waals surface area contributed by atoms with Gasteiger partial charge in [0, 0.05) is 6.54 Å². The molecule has 0 aliphatic carbocycles. The van der Waals surface area contributed by atoms with Crippen LogP contribution in [0.25, 0.3) is 0 Å². The van der Waals surface area contributed by atoms with Crippen molar-refractivity contribution in [3.63, 3.8) is 0 Å². The van der Waals surface area contributed by atoms with E-state index in [2.05, 4.69) is 10.1 Å². The van der Waals surface area contributed by atoms with E-state index >= 15 is 0 Å². The zero-order valence-electron chi connectivity index (χ0n) is 8.95. The number of methoxy groups -OCH3 is 1. The maximum atomic E-state index is 10.7. The van der Waals surface area contributed by atoms with Gasteiger partial charge in [0.05, 0.1) is 32.5 Å². The van der Waals surface area contributed by atoms with Gasteiger partial charge in [0.1, 0.15) is 0 Å². The molecular weight excluding hydrogens is 186 g/mol. The zero-order chi connectivity index (χ0) is 11.0. The van der Waals surface area contributed by atoms with E-state index in [0.29, 0.717) is 6.54 Å². The lowest BCUT2D eigenvalue weighted by Gasteiger charge is -2.13. The summed E-state index contributed by atoms with van der Waals surface area (Å²) in [6, 6.07) is 0. The van der Waals surface area contributed by atoms with Crippen LogP contribution in [0.5, 0.6) is 0 Å². The Morgan fingerprint density at radius 1 is 1.50 bits per heavy atom. The molecule has 1 atom stereocenters. The number of carbonyl (C=O) groups is 1. The van der Waals surface area contributed by atoms with E-state index in [-0.39, 0.29) is 25.2 Å². The van der Waals surface area contributed by atoms with Crippen molar-refractivity contribution in [2.24, 2.45) is 0 Å². The Kier molecular flexibility index (Phi) is 7.37. The predicted octanol–water partition coefficient (Wildman–Crippen LogP) is -0.465. The topological polar surface area (TPSA) is 67.8 Å². The third-order valence-electron chi connectivity index (χ3n) is 1.50. The number of nitrogens with one attached hydrogen (secondary N) is 1. The van der Waals surface area contributed by atoms with E-state index in [1.165, 1.54) is 7.11 Å². The van der Waals surface area contributed by atoms with E-state index in [0.717, 1.165) is 0 Å². The Bertz CT molecular complexity index is 161. The Balaban J connectivity index is 3.35. The SMILES string of the molecule is COC(=O)CNCC(O)COC(C)C. The average molecular weight is 205 g/mol. The summed E-state index contributed by atoms with van der Waals surface area (Å²) >= 11 is 0. The Hall–Kier alpha value is -0.650. The second-order valence-electron chi connectivity index (χ2n) is 3.24. The molecule has 84 valence electrons. The van der Waals surface area contributed by atoms with E-state index in [9.17, 15) is 9.90 Å². The van der Waals surface area contributed by atoms with Crippen molar-refractivity contribution in [2.45, 2.75) is 26.1 Å². The molecule has 0 spiro atoms. The molecule has 0 heterocycles. The number of hydrogen-bond donors (Lipinski definition) is 2. The summed E-state index contributed by atoms with van der Waals surface area (Å²) in [7, 11) is 1.32. The summed E-state index contributed by atoms with van der Waals surface area (Å²) in [4.78, 5) is 10.7. The second-order valence-corrected chi connectivity index (χ2v) is 3.24. The van der Waals surface area contributed by atoms with Gasteiger partial charge >= 0.3 is 5.97 Å². The molecule has 1 unspecified atom stereocenters. The number of aliphatic hydroxyl groups is 1. The Labute approximate surface area is 84.4 Å². The Morgan fingerprint density at radius 2 is 2.14 bits per heavy atom. The molecule has 0 fully saturated rings. The number of rotatable bonds is 7. The first kappa shape index (κ1) is 13.4. The zero-order valence-corrected chi connectivity index (χ0v) is 8.95. The number of aliphatic hydroxyl groups excluding tert-OH is 1. The van der Waals surface area contributed by atoms with E-state index in [4.69, 9.17) is 4.74 Å². The van der Waals surface area contributed by atoms with Gasteiger partial charge in [-0.25, -0.2) is 0 Å². The summed E-state index contributed by atoms with van der Waals surface area (Å²) in [5.41, 5.74) is 0. The van der Waals surface area contributed by atoms with Gasteiger partial charge in [-0.2, -0.15) is 0 Å². The van der Waals surface area contributed by atoms with Crippen molar-refractivity contribution in [3.05, 3.63) is 0 Å². The van der Waals surface area contributed by atoms with Gasteiger partial charge in [0.15, 0.2) is 0 Å². The third-order valence-corrected chi connectivity index (χ3v) is 1.50. The molecule has 5 nitrogen and oxygen atoms in total. The summed E-state index contributed by atoms with van der Waals surface area (Å²) in [6.45, 7) is 4.49. The lowest BCUT2D eigenvalue weighted by atomic mass is 10.3. The highest BCUT2D eigenvalue weighted by Gasteiger charge is 2.06. The van der Waals surface area contributed by atoms with Crippen molar-refractivity contribution < 1.29 is 19.4 Å². The summed E-state index contributed by atoms with van der Waals surface area (Å²) in [5.74, 6) is -0.345.